The van der Waals surface area contributed by atoms with Crippen LogP contribution in [0.15, 0.2) is 35.2 Å². The van der Waals surface area contributed by atoms with Crippen molar-refractivity contribution in [2.24, 2.45) is 0 Å². The lowest BCUT2D eigenvalue weighted by Crippen LogP contribution is -2.12. The van der Waals surface area contributed by atoms with Gasteiger partial charge in [-0.15, -0.1) is 0 Å². The van der Waals surface area contributed by atoms with E-state index in [-0.39, 0.29) is 21.8 Å². The molecule has 0 radical (unpaired) electrons. The van der Waals surface area contributed by atoms with Gasteiger partial charge >= 0.3 is 5.97 Å². The van der Waals surface area contributed by atoms with Crippen LogP contribution in [0.4, 0.5) is 0 Å². The molecule has 0 saturated carbocycles. The van der Waals surface area contributed by atoms with Crippen molar-refractivity contribution in [3.8, 4) is 0 Å². The summed E-state index contributed by atoms with van der Waals surface area (Å²) in [5, 5.41) is 8.97. The van der Waals surface area contributed by atoms with Gasteiger partial charge in [0.15, 0.2) is 9.84 Å². The Morgan fingerprint density at radius 3 is 2.50 bits per heavy atom. The van der Waals surface area contributed by atoms with Gasteiger partial charge in [0.25, 0.3) is 0 Å². The average molecular weight is 268 g/mol. The highest BCUT2D eigenvalue weighted by molar-refractivity contribution is 7.91. The summed E-state index contributed by atoms with van der Waals surface area (Å²) in [5.74, 6) is -1.27. The third kappa shape index (κ3) is 2.98. The number of carboxylic acid groups (broad SMARTS) is 1. The summed E-state index contributed by atoms with van der Waals surface area (Å²) in [4.78, 5) is 11.0. The third-order valence-corrected chi connectivity index (χ3v) is 4.64. The molecular formula is C13H16O4S. The minimum absolute atomic E-state index is 0.0122. The molecule has 0 bridgehead atoms. The van der Waals surface area contributed by atoms with E-state index >= 15 is 0 Å². The van der Waals surface area contributed by atoms with Crippen molar-refractivity contribution in [3.05, 3.63) is 41.5 Å². The molecule has 0 heterocycles. The molecule has 1 N–H and O–H groups in total. The fourth-order valence-electron chi connectivity index (χ4n) is 1.63. The first-order valence-electron chi connectivity index (χ1n) is 5.52. The zero-order chi connectivity index (χ0) is 13.9. The Morgan fingerprint density at radius 2 is 2.00 bits per heavy atom. The number of sulfone groups is 1. The fraction of sp³-hybridized carbons (Fsp3) is 0.308. The van der Waals surface area contributed by atoms with Gasteiger partial charge in [-0.2, -0.15) is 0 Å². The third-order valence-electron chi connectivity index (χ3n) is 2.74. The van der Waals surface area contributed by atoms with Crippen molar-refractivity contribution >= 4 is 15.8 Å². The first-order valence-corrected chi connectivity index (χ1v) is 7.17. The summed E-state index contributed by atoms with van der Waals surface area (Å²) in [5.41, 5.74) is 0.891. The van der Waals surface area contributed by atoms with Gasteiger partial charge in [-0.3, -0.25) is 0 Å². The molecule has 98 valence electrons. The molecule has 0 aliphatic heterocycles. The van der Waals surface area contributed by atoms with Crippen molar-refractivity contribution < 1.29 is 18.3 Å². The second-order valence-electron chi connectivity index (χ2n) is 4.10. The van der Waals surface area contributed by atoms with Crippen molar-refractivity contribution in [1.29, 1.82) is 0 Å². The number of hydrogen-bond acceptors (Lipinski definition) is 3. The molecule has 1 rings (SSSR count). The number of hydrogen-bond donors (Lipinski definition) is 1. The lowest BCUT2D eigenvalue weighted by Gasteiger charge is -2.10. The van der Waals surface area contributed by atoms with Gasteiger partial charge in [0.2, 0.25) is 0 Å². The highest BCUT2D eigenvalue weighted by atomic mass is 32.2. The zero-order valence-corrected chi connectivity index (χ0v) is 11.3. The van der Waals surface area contributed by atoms with Gasteiger partial charge < -0.3 is 5.11 Å². The van der Waals surface area contributed by atoms with Crippen molar-refractivity contribution in [3.63, 3.8) is 0 Å². The molecule has 18 heavy (non-hydrogen) atoms. The maximum atomic E-state index is 12.1. The number of carbonyl (C=O) groups is 1. The Morgan fingerprint density at radius 1 is 1.39 bits per heavy atom. The van der Waals surface area contributed by atoms with Crippen LogP contribution in [0.5, 0.6) is 0 Å². The van der Waals surface area contributed by atoms with Crippen LogP contribution in [0.1, 0.15) is 29.3 Å². The Kier molecular flexibility index (Phi) is 4.29. The average Bonchev–Trinajstić information content (AvgIpc) is 2.27. The summed E-state index contributed by atoms with van der Waals surface area (Å²) >= 11 is 0. The Labute approximate surface area is 107 Å². The summed E-state index contributed by atoms with van der Waals surface area (Å²) < 4.78 is 24.3. The normalized spacial score (nSPS) is 11.2. The van der Waals surface area contributed by atoms with Crippen LogP contribution in [0.3, 0.4) is 0 Å². The van der Waals surface area contributed by atoms with Crippen LogP contribution in [0.25, 0.3) is 0 Å². The van der Waals surface area contributed by atoms with Gasteiger partial charge in [0.05, 0.1) is 16.2 Å². The molecule has 0 amide bonds. The first-order chi connectivity index (χ1) is 8.29. The quantitative estimate of drug-likeness (QED) is 0.832. The lowest BCUT2D eigenvalue weighted by atomic mass is 10.1. The molecule has 0 aliphatic rings. The van der Waals surface area contributed by atoms with Gasteiger partial charge in [-0.05, 0) is 31.0 Å². The predicted octanol–water partition coefficient (Wildman–Crippen LogP) is 2.43. The largest absolute Gasteiger partial charge is 0.478 e. The Bertz CT molecular complexity index is 585. The van der Waals surface area contributed by atoms with Crippen LogP contribution < -0.4 is 0 Å². The summed E-state index contributed by atoms with van der Waals surface area (Å²) in [6, 6.07) is 4.27. The van der Waals surface area contributed by atoms with E-state index in [1.807, 2.05) is 6.92 Å². The molecular weight excluding hydrogens is 252 g/mol. The Hall–Kier alpha value is -1.62. The number of carboxylic acids is 1. The summed E-state index contributed by atoms with van der Waals surface area (Å²) in [6.07, 6.45) is 0.580. The van der Waals surface area contributed by atoms with Crippen LogP contribution in [-0.2, 0) is 9.84 Å². The lowest BCUT2D eigenvalue weighted by molar-refractivity contribution is 0.0696. The Balaban J connectivity index is 3.30. The molecule has 0 aromatic heterocycles. The van der Waals surface area contributed by atoms with Crippen LogP contribution in [0, 0.1) is 6.92 Å². The van der Waals surface area contributed by atoms with Crippen molar-refractivity contribution in [2.45, 2.75) is 25.2 Å². The minimum atomic E-state index is -3.52. The van der Waals surface area contributed by atoms with Crippen molar-refractivity contribution in [2.75, 3.05) is 5.75 Å². The van der Waals surface area contributed by atoms with Crippen LogP contribution >= 0.6 is 0 Å². The van der Waals surface area contributed by atoms with E-state index in [0.717, 1.165) is 0 Å². The molecule has 1 aromatic rings. The maximum absolute atomic E-state index is 12.1. The zero-order valence-electron chi connectivity index (χ0n) is 10.4. The molecule has 0 aliphatic carbocycles. The molecule has 4 nitrogen and oxygen atoms in total. The van der Waals surface area contributed by atoms with Crippen LogP contribution in [-0.4, -0.2) is 25.2 Å². The summed E-state index contributed by atoms with van der Waals surface area (Å²) in [6.45, 7) is 7.01. The minimum Gasteiger partial charge on any atom is -0.478 e. The smallest absolute Gasteiger partial charge is 0.335 e. The molecule has 0 atom stereocenters. The van der Waals surface area contributed by atoms with Gasteiger partial charge in [0.1, 0.15) is 0 Å². The molecule has 1 aromatic carbocycles. The van der Waals surface area contributed by atoms with Gasteiger partial charge in [-0.25, -0.2) is 13.2 Å². The SMILES string of the molecule is C=C(CC)CS(=O)(=O)c1cccc(C(=O)O)c1C. The van der Waals surface area contributed by atoms with E-state index in [2.05, 4.69) is 6.58 Å². The highest BCUT2D eigenvalue weighted by Crippen LogP contribution is 2.22. The number of benzene rings is 1. The van der Waals surface area contributed by atoms with E-state index in [4.69, 9.17) is 5.11 Å². The van der Waals surface area contributed by atoms with Gasteiger partial charge in [0, 0.05) is 0 Å². The molecule has 0 saturated heterocycles. The molecule has 0 spiro atoms. The standard InChI is InChI=1S/C13H16O4S/c1-4-9(2)8-18(16,17)12-7-5-6-11(10(12)3)13(14)15/h5-7H,2,4,8H2,1,3H3,(H,14,15). The van der Waals surface area contributed by atoms with E-state index < -0.39 is 15.8 Å². The second kappa shape index (κ2) is 5.35. The van der Waals surface area contributed by atoms with E-state index in [1.54, 1.807) is 0 Å². The van der Waals surface area contributed by atoms with E-state index in [1.165, 1.54) is 25.1 Å². The number of aromatic carboxylic acids is 1. The molecule has 0 fully saturated rings. The summed E-state index contributed by atoms with van der Waals surface area (Å²) in [7, 11) is -3.52. The van der Waals surface area contributed by atoms with E-state index in [9.17, 15) is 13.2 Å². The molecule has 5 heteroatoms. The topological polar surface area (TPSA) is 71.4 Å². The van der Waals surface area contributed by atoms with Crippen LogP contribution in [0.2, 0.25) is 0 Å². The van der Waals surface area contributed by atoms with Crippen molar-refractivity contribution in [1.82, 2.24) is 0 Å². The van der Waals surface area contributed by atoms with Gasteiger partial charge in [-0.1, -0.05) is 25.1 Å². The number of rotatable bonds is 5. The van der Waals surface area contributed by atoms with E-state index in [0.29, 0.717) is 12.0 Å². The second-order valence-corrected chi connectivity index (χ2v) is 6.05. The fourth-order valence-corrected chi connectivity index (χ4v) is 3.39. The maximum Gasteiger partial charge on any atom is 0.335 e. The first kappa shape index (κ1) is 14.4. The predicted molar refractivity (Wildman–Crippen MR) is 69.6 cm³/mol. The molecule has 0 unspecified atom stereocenters. The monoisotopic (exact) mass is 268 g/mol. The highest BCUT2D eigenvalue weighted by Gasteiger charge is 2.21.